The molecule has 10 heteroatoms. The molecular weight excluding hydrogens is 497 g/mol. The summed E-state index contributed by atoms with van der Waals surface area (Å²) in [7, 11) is 3.59. The van der Waals surface area contributed by atoms with Gasteiger partial charge in [-0.05, 0) is 45.3 Å². The number of nitrogens with one attached hydrogen (secondary N) is 1. The minimum absolute atomic E-state index is 0.0654. The third kappa shape index (κ3) is 5.30. The summed E-state index contributed by atoms with van der Waals surface area (Å²) in [5.74, 6) is 0.243. The summed E-state index contributed by atoms with van der Waals surface area (Å²) >= 11 is 6.16. The lowest BCUT2D eigenvalue weighted by atomic mass is 9.97. The molecule has 0 aliphatic rings. The second-order valence-electron chi connectivity index (χ2n) is 8.99. The molecule has 0 unspecified atom stereocenters. The molecule has 0 aliphatic carbocycles. The molecule has 2 aromatic carbocycles. The number of aromatic nitrogens is 3. The summed E-state index contributed by atoms with van der Waals surface area (Å²) in [5, 5.41) is 18.4. The van der Waals surface area contributed by atoms with Gasteiger partial charge in [-0.25, -0.2) is 9.37 Å². The molecule has 4 aromatic rings. The number of H-pyrrole nitrogens is 1. The van der Waals surface area contributed by atoms with E-state index in [4.69, 9.17) is 21.1 Å². The maximum atomic E-state index is 16.1. The van der Waals surface area contributed by atoms with E-state index in [0.717, 1.165) is 26.2 Å². The average Bonchev–Trinajstić information content (AvgIpc) is 3.37. The van der Waals surface area contributed by atoms with Gasteiger partial charge in [0, 0.05) is 41.5 Å². The molecule has 0 spiro atoms. The van der Waals surface area contributed by atoms with Crippen LogP contribution in [0.2, 0.25) is 5.02 Å². The molecule has 2 N–H and O–H groups in total. The summed E-state index contributed by atoms with van der Waals surface area (Å²) in [5.41, 5.74) is 1.70. The van der Waals surface area contributed by atoms with Crippen molar-refractivity contribution in [3.05, 3.63) is 40.8 Å². The fraction of sp³-hybridized carbons (Fsp3) is 0.407. The predicted octanol–water partition coefficient (Wildman–Crippen LogP) is 5.25. The minimum Gasteiger partial charge on any atom is -0.506 e. The van der Waals surface area contributed by atoms with E-state index < -0.39 is 5.82 Å². The first-order valence-corrected chi connectivity index (χ1v) is 12.7. The number of hydrogen-bond acceptors (Lipinski definition) is 7. The Morgan fingerprint density at radius 2 is 1.86 bits per heavy atom. The maximum absolute atomic E-state index is 16.1. The SMILES string of the molecule is CCN(CC)CCN(C)CCOc1c(C)c(F)c2c(-c3ccc(O)c(Cl)c3)nc3[nH]ncc3c2c1OC. The lowest BCUT2D eigenvalue weighted by Crippen LogP contribution is -2.34. The highest BCUT2D eigenvalue weighted by Gasteiger charge is 2.26. The molecule has 8 nitrogen and oxygen atoms in total. The monoisotopic (exact) mass is 529 g/mol. The van der Waals surface area contributed by atoms with Crippen molar-refractivity contribution in [1.82, 2.24) is 25.0 Å². The van der Waals surface area contributed by atoms with E-state index in [1.165, 1.54) is 6.07 Å². The normalized spacial score (nSPS) is 11.8. The van der Waals surface area contributed by atoms with Crippen LogP contribution >= 0.6 is 11.6 Å². The number of pyridine rings is 1. The quantitative estimate of drug-likeness (QED) is 0.274. The molecule has 0 bridgehead atoms. The zero-order chi connectivity index (χ0) is 26.7. The van der Waals surface area contributed by atoms with Crippen LogP contribution < -0.4 is 9.47 Å². The molecule has 2 aromatic heterocycles. The van der Waals surface area contributed by atoms with Crippen molar-refractivity contribution in [2.24, 2.45) is 0 Å². The van der Waals surface area contributed by atoms with Crippen molar-refractivity contribution in [2.45, 2.75) is 20.8 Å². The number of methoxy groups -OCH3 is 1. The van der Waals surface area contributed by atoms with Crippen molar-refractivity contribution in [2.75, 3.05) is 53.5 Å². The average molecular weight is 530 g/mol. The number of ether oxygens (including phenoxy) is 2. The van der Waals surface area contributed by atoms with E-state index in [-0.39, 0.29) is 16.2 Å². The molecule has 37 heavy (non-hydrogen) atoms. The molecule has 0 amide bonds. The van der Waals surface area contributed by atoms with Crippen LogP contribution in [0.1, 0.15) is 19.4 Å². The van der Waals surface area contributed by atoms with Crippen molar-refractivity contribution < 1.29 is 19.0 Å². The van der Waals surface area contributed by atoms with E-state index in [9.17, 15) is 5.11 Å². The van der Waals surface area contributed by atoms with E-state index in [2.05, 4.69) is 38.8 Å². The highest BCUT2D eigenvalue weighted by Crippen LogP contribution is 2.46. The summed E-state index contributed by atoms with van der Waals surface area (Å²) in [4.78, 5) is 9.20. The highest BCUT2D eigenvalue weighted by molar-refractivity contribution is 6.32. The summed E-state index contributed by atoms with van der Waals surface area (Å²) in [6.45, 7) is 11.0. The number of phenols is 1. The van der Waals surface area contributed by atoms with E-state index in [1.54, 1.807) is 32.4 Å². The fourth-order valence-corrected chi connectivity index (χ4v) is 4.67. The number of fused-ring (bicyclic) bond motifs is 3. The number of aromatic amines is 1. The summed E-state index contributed by atoms with van der Waals surface area (Å²) in [6, 6.07) is 4.66. The Labute approximate surface area is 220 Å². The highest BCUT2D eigenvalue weighted by atomic mass is 35.5. The van der Waals surface area contributed by atoms with Crippen molar-refractivity contribution in [3.8, 4) is 28.5 Å². The smallest absolute Gasteiger partial charge is 0.169 e. The number of nitrogens with zero attached hydrogens (tertiary/aromatic N) is 4. The lowest BCUT2D eigenvalue weighted by Gasteiger charge is -2.24. The number of phenolic OH excluding ortho intramolecular Hbond substituents is 1. The number of aromatic hydroxyl groups is 1. The zero-order valence-corrected chi connectivity index (χ0v) is 22.6. The molecule has 2 heterocycles. The Morgan fingerprint density at radius 1 is 1.11 bits per heavy atom. The van der Waals surface area contributed by atoms with Crippen LogP contribution in [-0.4, -0.2) is 83.6 Å². The fourth-order valence-electron chi connectivity index (χ4n) is 4.49. The van der Waals surface area contributed by atoms with Crippen LogP contribution in [0.25, 0.3) is 33.1 Å². The number of rotatable bonds is 11. The molecule has 0 fully saturated rings. The van der Waals surface area contributed by atoms with Gasteiger partial charge in [-0.15, -0.1) is 0 Å². The largest absolute Gasteiger partial charge is 0.506 e. The van der Waals surface area contributed by atoms with Gasteiger partial charge in [0.25, 0.3) is 0 Å². The zero-order valence-electron chi connectivity index (χ0n) is 21.9. The van der Waals surface area contributed by atoms with Crippen molar-refractivity contribution in [1.29, 1.82) is 0 Å². The third-order valence-electron chi connectivity index (χ3n) is 6.76. The first kappa shape index (κ1) is 26.9. The Bertz CT molecular complexity index is 1410. The predicted molar refractivity (Wildman–Crippen MR) is 146 cm³/mol. The summed E-state index contributed by atoms with van der Waals surface area (Å²) in [6.07, 6.45) is 1.60. The van der Waals surface area contributed by atoms with Crippen molar-refractivity contribution in [3.63, 3.8) is 0 Å². The first-order valence-electron chi connectivity index (χ1n) is 12.4. The van der Waals surface area contributed by atoms with Crippen LogP contribution in [0.3, 0.4) is 0 Å². The molecule has 4 rings (SSSR count). The van der Waals surface area contributed by atoms with Crippen LogP contribution in [0.15, 0.2) is 24.4 Å². The van der Waals surface area contributed by atoms with Gasteiger partial charge in [-0.1, -0.05) is 25.4 Å². The minimum atomic E-state index is -0.463. The number of halogens is 2. The molecule has 198 valence electrons. The topological polar surface area (TPSA) is 86.7 Å². The molecular formula is C27H33ClFN5O3. The van der Waals surface area contributed by atoms with Crippen LogP contribution in [0.5, 0.6) is 17.2 Å². The van der Waals surface area contributed by atoms with Gasteiger partial charge in [0.05, 0.1) is 29.4 Å². The number of benzene rings is 2. The van der Waals surface area contributed by atoms with Gasteiger partial charge in [-0.2, -0.15) is 5.10 Å². The van der Waals surface area contributed by atoms with Gasteiger partial charge in [0.1, 0.15) is 18.2 Å². The van der Waals surface area contributed by atoms with Gasteiger partial charge in [-0.3, -0.25) is 5.10 Å². The van der Waals surface area contributed by atoms with E-state index >= 15 is 4.39 Å². The van der Waals surface area contributed by atoms with Gasteiger partial charge in [0.15, 0.2) is 17.1 Å². The maximum Gasteiger partial charge on any atom is 0.169 e. The summed E-state index contributed by atoms with van der Waals surface area (Å²) < 4.78 is 28.1. The Hall–Kier alpha value is -3.14. The van der Waals surface area contributed by atoms with Gasteiger partial charge in [0.2, 0.25) is 0 Å². The number of hydrogen-bond donors (Lipinski definition) is 2. The molecule has 0 atom stereocenters. The molecule has 0 aliphatic heterocycles. The third-order valence-corrected chi connectivity index (χ3v) is 7.06. The molecule has 0 saturated carbocycles. The van der Waals surface area contributed by atoms with Gasteiger partial charge < -0.3 is 24.4 Å². The lowest BCUT2D eigenvalue weighted by molar-refractivity contribution is 0.202. The van der Waals surface area contributed by atoms with Crippen molar-refractivity contribution >= 4 is 33.4 Å². The van der Waals surface area contributed by atoms with E-state index in [0.29, 0.717) is 57.9 Å². The van der Waals surface area contributed by atoms with E-state index in [1.807, 2.05) is 7.05 Å². The molecule has 0 radical (unpaired) electrons. The molecule has 0 saturated heterocycles. The van der Waals surface area contributed by atoms with Crippen LogP contribution in [0.4, 0.5) is 4.39 Å². The second-order valence-corrected chi connectivity index (χ2v) is 9.40. The Morgan fingerprint density at radius 3 is 2.54 bits per heavy atom. The Balaban J connectivity index is 1.75. The second kappa shape index (κ2) is 11.5. The van der Waals surface area contributed by atoms with Gasteiger partial charge >= 0.3 is 0 Å². The first-order chi connectivity index (χ1) is 17.8. The standard InChI is InChI=1S/C27H33ClFN5O3/c1-6-34(7-2)11-10-33(4)12-13-37-25-16(3)23(29)22-21(26(25)36-5)18-15-30-32-27(18)31-24(22)17-8-9-20(35)19(28)14-17/h8-9,14-15,35H,6-7,10-13H2,1-5H3,(H,30,31,32). The Kier molecular flexibility index (Phi) is 8.36. The number of likely N-dealkylation sites (N-methyl/N-ethyl adjacent to an activating group) is 2. The van der Waals surface area contributed by atoms with Crippen LogP contribution in [0, 0.1) is 12.7 Å². The van der Waals surface area contributed by atoms with Crippen LogP contribution in [-0.2, 0) is 0 Å².